The maximum Gasteiger partial charge on any atom is 0.224 e. The second-order valence-electron chi connectivity index (χ2n) is 4.50. The van der Waals surface area contributed by atoms with Crippen LogP contribution in [0.15, 0.2) is 22.7 Å². The number of halogens is 2. The normalized spacial score (nSPS) is 19.6. The first-order valence-electron chi connectivity index (χ1n) is 6.09. The number of hydrogen-bond donors (Lipinski definition) is 2. The first-order valence-corrected chi connectivity index (χ1v) is 7.26. The summed E-state index contributed by atoms with van der Waals surface area (Å²) in [5.74, 6) is 0.203. The topological polar surface area (TPSA) is 41.1 Å². The van der Waals surface area contributed by atoms with Crippen molar-refractivity contribution in [2.24, 2.45) is 5.92 Å². The quantitative estimate of drug-likeness (QED) is 0.894. The van der Waals surface area contributed by atoms with Crippen molar-refractivity contribution in [3.8, 4) is 0 Å². The molecular formula is C13H16BrClN2O. The third kappa shape index (κ3) is 3.70. The standard InChI is InChI=1S/C13H16BrClN2O/c14-11-4-3-9(12(15)6-11)8-17-13(18)10-2-1-5-16-7-10/h3-4,6,10,16H,1-2,5,7-8H2,(H,17,18). The molecule has 0 aliphatic carbocycles. The van der Waals surface area contributed by atoms with Gasteiger partial charge in [0.15, 0.2) is 0 Å². The van der Waals surface area contributed by atoms with Gasteiger partial charge in [-0.25, -0.2) is 0 Å². The van der Waals surface area contributed by atoms with Gasteiger partial charge in [0, 0.05) is 22.6 Å². The Kier molecular flexibility index (Phi) is 5.03. The first kappa shape index (κ1) is 13.8. The van der Waals surface area contributed by atoms with E-state index in [1.807, 2.05) is 18.2 Å². The molecule has 1 aromatic rings. The van der Waals surface area contributed by atoms with Crippen LogP contribution in [0.1, 0.15) is 18.4 Å². The zero-order valence-corrected chi connectivity index (χ0v) is 12.4. The monoisotopic (exact) mass is 330 g/mol. The molecule has 0 spiro atoms. The molecule has 0 bridgehead atoms. The van der Waals surface area contributed by atoms with Gasteiger partial charge < -0.3 is 10.6 Å². The van der Waals surface area contributed by atoms with Crippen LogP contribution >= 0.6 is 27.5 Å². The molecule has 5 heteroatoms. The lowest BCUT2D eigenvalue weighted by Gasteiger charge is -2.22. The smallest absolute Gasteiger partial charge is 0.224 e. The van der Waals surface area contributed by atoms with Gasteiger partial charge in [-0.3, -0.25) is 4.79 Å². The van der Waals surface area contributed by atoms with Crippen molar-refractivity contribution in [2.75, 3.05) is 13.1 Å². The van der Waals surface area contributed by atoms with Crippen LogP contribution in [0.25, 0.3) is 0 Å². The van der Waals surface area contributed by atoms with Crippen molar-refractivity contribution in [1.29, 1.82) is 0 Å². The van der Waals surface area contributed by atoms with Crippen molar-refractivity contribution >= 4 is 33.4 Å². The lowest BCUT2D eigenvalue weighted by Crippen LogP contribution is -2.40. The molecule has 1 heterocycles. The molecule has 2 N–H and O–H groups in total. The molecule has 1 aromatic carbocycles. The molecule has 1 atom stereocenters. The van der Waals surface area contributed by atoms with Crippen molar-refractivity contribution in [2.45, 2.75) is 19.4 Å². The van der Waals surface area contributed by atoms with Gasteiger partial charge in [0.2, 0.25) is 5.91 Å². The molecule has 0 radical (unpaired) electrons. The fourth-order valence-corrected chi connectivity index (χ4v) is 2.81. The Labute approximate surface area is 120 Å². The molecule has 3 nitrogen and oxygen atoms in total. The van der Waals surface area contributed by atoms with E-state index in [0.717, 1.165) is 36.0 Å². The molecule has 0 aromatic heterocycles. The van der Waals surface area contributed by atoms with Crippen molar-refractivity contribution in [3.05, 3.63) is 33.3 Å². The van der Waals surface area contributed by atoms with Gasteiger partial charge >= 0.3 is 0 Å². The van der Waals surface area contributed by atoms with E-state index in [1.54, 1.807) is 0 Å². The Hall–Kier alpha value is -0.580. The predicted molar refractivity (Wildman–Crippen MR) is 76.6 cm³/mol. The number of hydrogen-bond acceptors (Lipinski definition) is 2. The molecular weight excluding hydrogens is 316 g/mol. The molecule has 2 rings (SSSR count). The number of rotatable bonds is 3. The number of carbonyl (C=O) groups is 1. The fourth-order valence-electron chi connectivity index (χ4n) is 2.07. The van der Waals surface area contributed by atoms with E-state index in [2.05, 4.69) is 26.6 Å². The maximum atomic E-state index is 11.9. The van der Waals surface area contributed by atoms with Crippen LogP contribution in [0.2, 0.25) is 5.02 Å². The molecule has 1 aliphatic rings. The highest BCUT2D eigenvalue weighted by atomic mass is 79.9. The predicted octanol–water partition coefficient (Wildman–Crippen LogP) is 2.72. The van der Waals surface area contributed by atoms with Crippen molar-refractivity contribution < 1.29 is 4.79 Å². The van der Waals surface area contributed by atoms with Gasteiger partial charge in [0.25, 0.3) is 0 Å². The van der Waals surface area contributed by atoms with E-state index in [-0.39, 0.29) is 11.8 Å². The van der Waals surface area contributed by atoms with E-state index in [4.69, 9.17) is 11.6 Å². The molecule has 1 amide bonds. The summed E-state index contributed by atoms with van der Waals surface area (Å²) in [4.78, 5) is 11.9. The summed E-state index contributed by atoms with van der Waals surface area (Å²) in [6.45, 7) is 2.28. The second kappa shape index (κ2) is 6.55. The van der Waals surface area contributed by atoms with Gasteiger partial charge in [-0.1, -0.05) is 33.6 Å². The van der Waals surface area contributed by atoms with E-state index in [0.29, 0.717) is 11.6 Å². The minimum absolute atomic E-state index is 0.0907. The van der Waals surface area contributed by atoms with E-state index in [9.17, 15) is 4.79 Å². The number of nitrogens with one attached hydrogen (secondary N) is 2. The number of carbonyl (C=O) groups excluding carboxylic acids is 1. The number of amides is 1. The van der Waals surface area contributed by atoms with E-state index in [1.165, 1.54) is 0 Å². The Balaban J connectivity index is 1.88. The highest BCUT2D eigenvalue weighted by Gasteiger charge is 2.20. The van der Waals surface area contributed by atoms with Crippen LogP contribution in [0, 0.1) is 5.92 Å². The second-order valence-corrected chi connectivity index (χ2v) is 5.82. The molecule has 1 aliphatic heterocycles. The largest absolute Gasteiger partial charge is 0.352 e. The van der Waals surface area contributed by atoms with Crippen molar-refractivity contribution in [1.82, 2.24) is 10.6 Å². The third-order valence-corrected chi connectivity index (χ3v) is 3.98. The molecule has 1 saturated heterocycles. The zero-order chi connectivity index (χ0) is 13.0. The van der Waals surface area contributed by atoms with Crippen LogP contribution in [-0.4, -0.2) is 19.0 Å². The van der Waals surface area contributed by atoms with Gasteiger partial charge in [-0.05, 0) is 37.1 Å². The summed E-state index contributed by atoms with van der Waals surface area (Å²) in [6, 6.07) is 5.69. The Morgan fingerprint density at radius 3 is 3.06 bits per heavy atom. The average Bonchev–Trinajstić information content (AvgIpc) is 2.38. The van der Waals surface area contributed by atoms with Crippen LogP contribution in [0.3, 0.4) is 0 Å². The number of benzene rings is 1. The lowest BCUT2D eigenvalue weighted by atomic mass is 9.99. The average molecular weight is 332 g/mol. The lowest BCUT2D eigenvalue weighted by molar-refractivity contribution is -0.125. The fraction of sp³-hybridized carbons (Fsp3) is 0.462. The van der Waals surface area contributed by atoms with Gasteiger partial charge in [-0.15, -0.1) is 0 Å². The summed E-state index contributed by atoms with van der Waals surface area (Å²) >= 11 is 9.46. The molecule has 98 valence electrons. The highest BCUT2D eigenvalue weighted by Crippen LogP contribution is 2.21. The Morgan fingerprint density at radius 2 is 2.39 bits per heavy atom. The summed E-state index contributed by atoms with van der Waals surface area (Å²) in [5.41, 5.74) is 0.942. The minimum Gasteiger partial charge on any atom is -0.352 e. The van der Waals surface area contributed by atoms with Crippen LogP contribution in [0.4, 0.5) is 0 Å². The molecule has 18 heavy (non-hydrogen) atoms. The molecule has 1 fully saturated rings. The maximum absolute atomic E-state index is 11.9. The number of piperidine rings is 1. The summed E-state index contributed by atoms with van der Waals surface area (Å²) < 4.78 is 0.944. The van der Waals surface area contributed by atoms with E-state index < -0.39 is 0 Å². The van der Waals surface area contributed by atoms with Crippen molar-refractivity contribution in [3.63, 3.8) is 0 Å². The summed E-state index contributed by atoms with van der Waals surface area (Å²) in [7, 11) is 0. The molecule has 1 unspecified atom stereocenters. The van der Waals surface area contributed by atoms with Crippen LogP contribution < -0.4 is 10.6 Å². The third-order valence-electron chi connectivity index (χ3n) is 3.14. The van der Waals surface area contributed by atoms with Crippen LogP contribution in [0.5, 0.6) is 0 Å². The summed E-state index contributed by atoms with van der Waals surface area (Å²) in [6.07, 6.45) is 2.03. The first-order chi connectivity index (χ1) is 8.66. The minimum atomic E-state index is 0.0907. The zero-order valence-electron chi connectivity index (χ0n) is 10.0. The Morgan fingerprint density at radius 1 is 1.56 bits per heavy atom. The Bertz CT molecular complexity index is 433. The van der Waals surface area contributed by atoms with E-state index >= 15 is 0 Å². The van der Waals surface area contributed by atoms with Gasteiger partial charge in [0.1, 0.15) is 0 Å². The van der Waals surface area contributed by atoms with Crippen LogP contribution in [-0.2, 0) is 11.3 Å². The summed E-state index contributed by atoms with van der Waals surface area (Å²) in [5, 5.41) is 6.86. The molecule has 0 saturated carbocycles. The van der Waals surface area contributed by atoms with Gasteiger partial charge in [0.05, 0.1) is 5.92 Å². The van der Waals surface area contributed by atoms with Gasteiger partial charge in [-0.2, -0.15) is 0 Å². The highest BCUT2D eigenvalue weighted by molar-refractivity contribution is 9.10. The SMILES string of the molecule is O=C(NCc1ccc(Br)cc1Cl)C1CCCNC1.